The molecule has 0 fully saturated rings. The maximum absolute atomic E-state index is 11.0. The third kappa shape index (κ3) is 4.32. The van der Waals surface area contributed by atoms with E-state index in [2.05, 4.69) is 31.9 Å². The molecule has 0 saturated carbocycles. The fraction of sp³-hybridized carbons (Fsp3) is 0.188. The Balaban J connectivity index is 2.19. The maximum Gasteiger partial charge on any atom is 0.162 e. The highest BCUT2D eigenvalue weighted by molar-refractivity contribution is 9.10. The molecule has 0 saturated heterocycles. The van der Waals surface area contributed by atoms with Gasteiger partial charge in [0.2, 0.25) is 0 Å². The minimum absolute atomic E-state index is 0.431. The molecule has 0 aliphatic carbocycles. The predicted octanol–water partition coefficient (Wildman–Crippen LogP) is 5.00. The molecule has 3 nitrogen and oxygen atoms in total. The molecule has 21 heavy (non-hydrogen) atoms. The SMILES string of the molecule is CCOc1cc(C=O)c(Br)cc1OCc1ccc(Br)cc1. The van der Waals surface area contributed by atoms with Crippen molar-refractivity contribution in [1.29, 1.82) is 0 Å². The number of benzene rings is 2. The van der Waals surface area contributed by atoms with Crippen molar-refractivity contribution in [2.24, 2.45) is 0 Å². The van der Waals surface area contributed by atoms with E-state index < -0.39 is 0 Å². The van der Waals surface area contributed by atoms with Crippen LogP contribution in [0, 0.1) is 0 Å². The van der Waals surface area contributed by atoms with E-state index in [-0.39, 0.29) is 0 Å². The van der Waals surface area contributed by atoms with Crippen molar-refractivity contribution in [3.05, 3.63) is 56.5 Å². The molecular weight excluding hydrogens is 400 g/mol. The average Bonchev–Trinajstić information content (AvgIpc) is 2.49. The summed E-state index contributed by atoms with van der Waals surface area (Å²) in [5.74, 6) is 1.18. The highest BCUT2D eigenvalue weighted by atomic mass is 79.9. The van der Waals surface area contributed by atoms with E-state index >= 15 is 0 Å². The Kier molecular flexibility index (Phi) is 5.82. The molecular formula is C16H14Br2O3. The van der Waals surface area contributed by atoms with Crippen LogP contribution >= 0.6 is 31.9 Å². The zero-order valence-corrected chi connectivity index (χ0v) is 14.6. The summed E-state index contributed by atoms with van der Waals surface area (Å²) >= 11 is 6.75. The van der Waals surface area contributed by atoms with Gasteiger partial charge >= 0.3 is 0 Å². The summed E-state index contributed by atoms with van der Waals surface area (Å²) in [4.78, 5) is 11.0. The molecule has 5 heteroatoms. The molecule has 0 unspecified atom stereocenters. The van der Waals surface area contributed by atoms with Gasteiger partial charge in [-0.1, -0.05) is 28.1 Å². The van der Waals surface area contributed by atoms with Gasteiger partial charge in [-0.2, -0.15) is 0 Å². The van der Waals surface area contributed by atoms with Crippen LogP contribution in [0.1, 0.15) is 22.8 Å². The summed E-state index contributed by atoms with van der Waals surface area (Å²) in [6.07, 6.45) is 0.783. The Bertz CT molecular complexity index is 624. The first-order chi connectivity index (χ1) is 10.1. The lowest BCUT2D eigenvalue weighted by molar-refractivity contribution is 0.112. The fourth-order valence-corrected chi connectivity index (χ4v) is 2.44. The molecule has 0 aliphatic heterocycles. The Labute approximate surface area is 140 Å². The Morgan fingerprint density at radius 2 is 1.71 bits per heavy atom. The molecule has 0 N–H and O–H groups in total. The van der Waals surface area contributed by atoms with Crippen molar-refractivity contribution in [3.8, 4) is 11.5 Å². The summed E-state index contributed by atoms with van der Waals surface area (Å²) in [6, 6.07) is 11.3. The predicted molar refractivity (Wildman–Crippen MR) is 89.2 cm³/mol. The van der Waals surface area contributed by atoms with Crippen LogP contribution in [0.4, 0.5) is 0 Å². The van der Waals surface area contributed by atoms with E-state index in [1.54, 1.807) is 12.1 Å². The molecule has 0 aliphatic rings. The van der Waals surface area contributed by atoms with Gasteiger partial charge in [0.05, 0.1) is 6.61 Å². The first-order valence-corrected chi connectivity index (χ1v) is 8.01. The molecule has 0 radical (unpaired) electrons. The molecule has 2 aromatic carbocycles. The van der Waals surface area contributed by atoms with Crippen LogP contribution in [-0.4, -0.2) is 12.9 Å². The number of halogens is 2. The van der Waals surface area contributed by atoms with E-state index in [1.807, 2.05) is 31.2 Å². The summed E-state index contributed by atoms with van der Waals surface area (Å²) in [6.45, 7) is 2.83. The number of hydrogen-bond donors (Lipinski definition) is 0. The lowest BCUT2D eigenvalue weighted by Crippen LogP contribution is -2.01. The van der Waals surface area contributed by atoms with Crippen molar-refractivity contribution in [3.63, 3.8) is 0 Å². The molecule has 2 aromatic rings. The van der Waals surface area contributed by atoms with Crippen LogP contribution in [0.5, 0.6) is 11.5 Å². The lowest BCUT2D eigenvalue weighted by Gasteiger charge is -2.13. The quantitative estimate of drug-likeness (QED) is 0.625. The van der Waals surface area contributed by atoms with Gasteiger partial charge in [-0.05, 0) is 52.7 Å². The van der Waals surface area contributed by atoms with Gasteiger partial charge in [-0.15, -0.1) is 0 Å². The number of carbonyl (C=O) groups excluding carboxylic acids is 1. The summed E-state index contributed by atoms with van der Waals surface area (Å²) in [5.41, 5.74) is 1.59. The van der Waals surface area contributed by atoms with Crippen molar-refractivity contribution in [1.82, 2.24) is 0 Å². The van der Waals surface area contributed by atoms with E-state index in [1.165, 1.54) is 0 Å². The lowest BCUT2D eigenvalue weighted by atomic mass is 10.2. The van der Waals surface area contributed by atoms with E-state index in [4.69, 9.17) is 9.47 Å². The van der Waals surface area contributed by atoms with Crippen LogP contribution in [0.15, 0.2) is 45.3 Å². The highest BCUT2D eigenvalue weighted by Gasteiger charge is 2.10. The minimum atomic E-state index is 0.431. The van der Waals surface area contributed by atoms with Crippen molar-refractivity contribution < 1.29 is 14.3 Å². The van der Waals surface area contributed by atoms with Crippen molar-refractivity contribution >= 4 is 38.1 Å². The van der Waals surface area contributed by atoms with E-state index in [0.29, 0.717) is 34.7 Å². The third-order valence-electron chi connectivity index (χ3n) is 2.80. The number of hydrogen-bond acceptors (Lipinski definition) is 3. The van der Waals surface area contributed by atoms with Gasteiger partial charge < -0.3 is 9.47 Å². The van der Waals surface area contributed by atoms with Crippen molar-refractivity contribution in [2.45, 2.75) is 13.5 Å². The zero-order valence-electron chi connectivity index (χ0n) is 11.4. The Morgan fingerprint density at radius 1 is 1.05 bits per heavy atom. The second-order valence-electron chi connectivity index (χ2n) is 4.29. The molecule has 2 rings (SSSR count). The molecule has 110 valence electrons. The summed E-state index contributed by atoms with van der Waals surface area (Å²) in [7, 11) is 0. The Morgan fingerprint density at radius 3 is 2.33 bits per heavy atom. The van der Waals surface area contributed by atoms with Crippen LogP contribution < -0.4 is 9.47 Å². The number of ether oxygens (including phenoxy) is 2. The maximum atomic E-state index is 11.0. The molecule has 0 atom stereocenters. The molecule has 0 bridgehead atoms. The van der Waals surface area contributed by atoms with Crippen molar-refractivity contribution in [2.75, 3.05) is 6.61 Å². The van der Waals surface area contributed by atoms with Crippen LogP contribution in [0.2, 0.25) is 0 Å². The van der Waals surface area contributed by atoms with Crippen LogP contribution in [0.3, 0.4) is 0 Å². The minimum Gasteiger partial charge on any atom is -0.490 e. The van der Waals surface area contributed by atoms with Crippen LogP contribution in [0.25, 0.3) is 0 Å². The molecule has 0 spiro atoms. The fourth-order valence-electron chi connectivity index (χ4n) is 1.76. The van der Waals surface area contributed by atoms with Gasteiger partial charge in [-0.25, -0.2) is 0 Å². The number of carbonyl (C=O) groups is 1. The summed E-state index contributed by atoms with van der Waals surface area (Å²) < 4.78 is 13.1. The Hall–Kier alpha value is -1.33. The topological polar surface area (TPSA) is 35.5 Å². The van der Waals surface area contributed by atoms with Gasteiger partial charge in [0.1, 0.15) is 6.61 Å². The largest absolute Gasteiger partial charge is 0.490 e. The second-order valence-corrected chi connectivity index (χ2v) is 6.06. The van der Waals surface area contributed by atoms with Gasteiger partial charge in [0.15, 0.2) is 17.8 Å². The first kappa shape index (κ1) is 16.0. The van der Waals surface area contributed by atoms with Gasteiger partial charge in [0.25, 0.3) is 0 Å². The number of rotatable bonds is 6. The normalized spacial score (nSPS) is 10.2. The standard InChI is InChI=1S/C16H14Br2O3/c1-2-20-15-7-12(9-19)14(18)8-16(15)21-10-11-3-5-13(17)6-4-11/h3-9H,2,10H2,1H3. The molecule has 0 aromatic heterocycles. The highest BCUT2D eigenvalue weighted by Crippen LogP contribution is 2.33. The van der Waals surface area contributed by atoms with E-state index in [9.17, 15) is 4.79 Å². The molecule has 0 amide bonds. The second kappa shape index (κ2) is 7.61. The number of aldehydes is 1. The summed E-state index contributed by atoms with van der Waals surface area (Å²) in [5, 5.41) is 0. The average molecular weight is 414 g/mol. The monoisotopic (exact) mass is 412 g/mol. The molecule has 0 heterocycles. The third-order valence-corrected chi connectivity index (χ3v) is 4.01. The van der Waals surface area contributed by atoms with Gasteiger partial charge in [0, 0.05) is 14.5 Å². The smallest absolute Gasteiger partial charge is 0.162 e. The first-order valence-electron chi connectivity index (χ1n) is 6.42. The zero-order chi connectivity index (χ0) is 15.2. The van der Waals surface area contributed by atoms with Crippen LogP contribution in [-0.2, 0) is 6.61 Å². The van der Waals surface area contributed by atoms with Gasteiger partial charge in [-0.3, -0.25) is 4.79 Å². The van der Waals surface area contributed by atoms with E-state index in [0.717, 1.165) is 16.3 Å².